The summed E-state index contributed by atoms with van der Waals surface area (Å²) in [4.78, 5) is 26.2. The molecule has 3 rings (SSSR count). The topological polar surface area (TPSA) is 49.4 Å². The molecule has 0 aliphatic carbocycles. The first-order valence-corrected chi connectivity index (χ1v) is 7.82. The minimum atomic E-state index is -0.285. The first kappa shape index (κ1) is 15.3. The van der Waals surface area contributed by atoms with E-state index >= 15 is 0 Å². The molecule has 1 heterocycles. The average molecular weight is 308 g/mol. The molecular weight excluding hydrogens is 288 g/mol. The molecule has 0 aromatic heterocycles. The van der Waals surface area contributed by atoms with Crippen LogP contribution in [0, 0.1) is 12.8 Å². The molecule has 4 heteroatoms. The zero-order valence-corrected chi connectivity index (χ0v) is 13.2. The Hall–Kier alpha value is -2.62. The number of carbonyl (C=O) groups is 2. The van der Waals surface area contributed by atoms with Crippen LogP contribution in [-0.2, 0) is 16.1 Å². The lowest BCUT2D eigenvalue weighted by Crippen LogP contribution is -2.32. The summed E-state index contributed by atoms with van der Waals surface area (Å²) in [5.41, 5.74) is 3.03. The molecule has 2 amide bonds. The van der Waals surface area contributed by atoms with E-state index in [1.54, 1.807) is 4.90 Å². The smallest absolute Gasteiger partial charge is 0.227 e. The van der Waals surface area contributed by atoms with Gasteiger partial charge < -0.3 is 10.2 Å². The Labute approximate surface area is 136 Å². The second kappa shape index (κ2) is 6.65. The first-order valence-electron chi connectivity index (χ1n) is 7.82. The summed E-state index contributed by atoms with van der Waals surface area (Å²) in [5, 5.41) is 2.93. The number of nitrogens with one attached hydrogen (secondary N) is 1. The SMILES string of the molecule is Cc1cccc(N2CC(C(=O)NCc3ccccc3)CC2=O)c1. The molecule has 0 bridgehead atoms. The summed E-state index contributed by atoms with van der Waals surface area (Å²) in [6, 6.07) is 17.6. The van der Waals surface area contributed by atoms with Crippen molar-refractivity contribution >= 4 is 17.5 Å². The fourth-order valence-corrected chi connectivity index (χ4v) is 2.86. The molecule has 23 heavy (non-hydrogen) atoms. The number of rotatable bonds is 4. The van der Waals surface area contributed by atoms with Crippen LogP contribution in [0.4, 0.5) is 5.69 Å². The van der Waals surface area contributed by atoms with Crippen LogP contribution in [0.1, 0.15) is 17.5 Å². The van der Waals surface area contributed by atoms with Crippen molar-refractivity contribution in [3.63, 3.8) is 0 Å². The van der Waals surface area contributed by atoms with Crippen LogP contribution in [0.2, 0.25) is 0 Å². The van der Waals surface area contributed by atoms with Gasteiger partial charge in [-0.05, 0) is 30.2 Å². The third-order valence-electron chi connectivity index (χ3n) is 4.12. The van der Waals surface area contributed by atoms with Crippen molar-refractivity contribution in [3.8, 4) is 0 Å². The van der Waals surface area contributed by atoms with Crippen molar-refractivity contribution in [2.24, 2.45) is 5.92 Å². The number of carbonyl (C=O) groups excluding carboxylic acids is 2. The zero-order valence-electron chi connectivity index (χ0n) is 13.2. The number of hydrogen-bond acceptors (Lipinski definition) is 2. The van der Waals surface area contributed by atoms with Gasteiger partial charge in [-0.2, -0.15) is 0 Å². The number of anilines is 1. The molecule has 0 spiro atoms. The summed E-state index contributed by atoms with van der Waals surface area (Å²) in [6.07, 6.45) is 0.272. The summed E-state index contributed by atoms with van der Waals surface area (Å²) in [6.45, 7) is 2.94. The average Bonchev–Trinajstić information content (AvgIpc) is 2.95. The Bertz CT molecular complexity index is 712. The van der Waals surface area contributed by atoms with Gasteiger partial charge in [-0.3, -0.25) is 9.59 Å². The minimum Gasteiger partial charge on any atom is -0.352 e. The highest BCUT2D eigenvalue weighted by Gasteiger charge is 2.34. The van der Waals surface area contributed by atoms with Crippen molar-refractivity contribution in [2.45, 2.75) is 19.9 Å². The summed E-state index contributed by atoms with van der Waals surface area (Å²) >= 11 is 0. The van der Waals surface area contributed by atoms with Crippen molar-refractivity contribution in [1.82, 2.24) is 5.32 Å². The molecule has 0 radical (unpaired) electrons. The van der Waals surface area contributed by atoms with Crippen LogP contribution in [-0.4, -0.2) is 18.4 Å². The Morgan fingerprint density at radius 1 is 1.17 bits per heavy atom. The molecule has 2 aromatic rings. The van der Waals surface area contributed by atoms with Gasteiger partial charge in [0.2, 0.25) is 11.8 Å². The van der Waals surface area contributed by atoms with Gasteiger partial charge in [-0.1, -0.05) is 42.5 Å². The van der Waals surface area contributed by atoms with E-state index in [1.165, 1.54) is 0 Å². The molecule has 1 fully saturated rings. The van der Waals surface area contributed by atoms with Crippen LogP contribution in [0.5, 0.6) is 0 Å². The number of benzene rings is 2. The van der Waals surface area contributed by atoms with Gasteiger partial charge in [0.15, 0.2) is 0 Å². The van der Waals surface area contributed by atoms with Crippen molar-refractivity contribution in [2.75, 3.05) is 11.4 Å². The molecule has 118 valence electrons. The van der Waals surface area contributed by atoms with Crippen molar-refractivity contribution < 1.29 is 9.59 Å². The predicted molar refractivity (Wildman–Crippen MR) is 89.9 cm³/mol. The maximum Gasteiger partial charge on any atom is 0.227 e. The van der Waals surface area contributed by atoms with E-state index < -0.39 is 0 Å². The Balaban J connectivity index is 1.62. The molecule has 1 aliphatic rings. The van der Waals surface area contributed by atoms with E-state index in [9.17, 15) is 9.59 Å². The minimum absolute atomic E-state index is 0.00969. The molecule has 4 nitrogen and oxygen atoms in total. The third kappa shape index (κ3) is 3.59. The van der Waals surface area contributed by atoms with Crippen LogP contribution in [0.15, 0.2) is 54.6 Å². The number of amides is 2. The van der Waals surface area contributed by atoms with E-state index in [-0.39, 0.29) is 24.2 Å². The highest BCUT2D eigenvalue weighted by Crippen LogP contribution is 2.25. The maximum absolute atomic E-state index is 12.3. The van der Waals surface area contributed by atoms with Gasteiger partial charge in [-0.15, -0.1) is 0 Å². The van der Waals surface area contributed by atoms with Gasteiger partial charge in [0.05, 0.1) is 5.92 Å². The second-order valence-corrected chi connectivity index (χ2v) is 5.95. The van der Waals surface area contributed by atoms with Gasteiger partial charge in [-0.25, -0.2) is 0 Å². The summed E-state index contributed by atoms with van der Waals surface area (Å²) < 4.78 is 0. The Kier molecular flexibility index (Phi) is 4.42. The normalized spacial score (nSPS) is 17.3. The Morgan fingerprint density at radius 3 is 2.70 bits per heavy atom. The molecule has 1 N–H and O–H groups in total. The molecule has 1 aliphatic heterocycles. The molecule has 1 saturated heterocycles. The van der Waals surface area contributed by atoms with E-state index in [0.717, 1.165) is 16.8 Å². The van der Waals surface area contributed by atoms with Crippen LogP contribution >= 0.6 is 0 Å². The van der Waals surface area contributed by atoms with E-state index in [2.05, 4.69) is 5.32 Å². The lowest BCUT2D eigenvalue weighted by Gasteiger charge is -2.17. The van der Waals surface area contributed by atoms with E-state index in [1.807, 2.05) is 61.5 Å². The largest absolute Gasteiger partial charge is 0.352 e. The van der Waals surface area contributed by atoms with E-state index in [0.29, 0.717) is 13.1 Å². The summed E-state index contributed by atoms with van der Waals surface area (Å²) in [5.74, 6) is -0.334. The predicted octanol–water partition coefficient (Wildman–Crippen LogP) is 2.66. The third-order valence-corrected chi connectivity index (χ3v) is 4.12. The van der Waals surface area contributed by atoms with Gasteiger partial charge in [0.25, 0.3) is 0 Å². The highest BCUT2D eigenvalue weighted by atomic mass is 16.2. The highest BCUT2D eigenvalue weighted by molar-refractivity contribution is 6.00. The van der Waals surface area contributed by atoms with Crippen LogP contribution < -0.4 is 10.2 Å². The molecule has 1 unspecified atom stereocenters. The lowest BCUT2D eigenvalue weighted by molar-refractivity contribution is -0.126. The molecule has 1 atom stereocenters. The fraction of sp³-hybridized carbons (Fsp3) is 0.263. The standard InChI is InChI=1S/C19H20N2O2/c1-14-6-5-9-17(10-14)21-13-16(11-18(21)22)19(23)20-12-15-7-3-2-4-8-15/h2-10,16H,11-13H2,1H3,(H,20,23). The van der Waals surface area contributed by atoms with Gasteiger partial charge in [0, 0.05) is 25.2 Å². The molecule has 2 aromatic carbocycles. The lowest BCUT2D eigenvalue weighted by atomic mass is 10.1. The first-order chi connectivity index (χ1) is 11.1. The fourth-order valence-electron chi connectivity index (χ4n) is 2.86. The van der Waals surface area contributed by atoms with Gasteiger partial charge in [0.1, 0.15) is 0 Å². The monoisotopic (exact) mass is 308 g/mol. The second-order valence-electron chi connectivity index (χ2n) is 5.95. The number of nitrogens with zero attached hydrogens (tertiary/aromatic N) is 1. The number of aryl methyl sites for hydroxylation is 1. The Morgan fingerprint density at radius 2 is 1.96 bits per heavy atom. The van der Waals surface area contributed by atoms with Crippen LogP contribution in [0.3, 0.4) is 0 Å². The molecular formula is C19H20N2O2. The van der Waals surface area contributed by atoms with Gasteiger partial charge >= 0.3 is 0 Å². The summed E-state index contributed by atoms with van der Waals surface area (Å²) in [7, 11) is 0. The van der Waals surface area contributed by atoms with E-state index in [4.69, 9.17) is 0 Å². The van der Waals surface area contributed by atoms with Crippen molar-refractivity contribution in [1.29, 1.82) is 0 Å². The molecule has 0 saturated carbocycles. The zero-order chi connectivity index (χ0) is 16.2. The van der Waals surface area contributed by atoms with Crippen molar-refractivity contribution in [3.05, 3.63) is 65.7 Å². The maximum atomic E-state index is 12.3. The van der Waals surface area contributed by atoms with Crippen LogP contribution in [0.25, 0.3) is 0 Å². The quantitative estimate of drug-likeness (QED) is 0.944. The number of hydrogen-bond donors (Lipinski definition) is 1.